The summed E-state index contributed by atoms with van der Waals surface area (Å²) in [5, 5.41) is 14.0. The molecule has 2 aromatic rings. The highest BCUT2D eigenvalue weighted by Gasteiger charge is 2.41. The van der Waals surface area contributed by atoms with E-state index in [0.717, 1.165) is 11.6 Å². The van der Waals surface area contributed by atoms with Crippen molar-refractivity contribution < 1.29 is 28.8 Å². The standard InChI is InChI=1S/C19H14ClN3O7/c1-10-5-6-11(20)7-13(10)21-15(24)9-30-16(25)8-22-18(26)12-3-2-4-14(23(28)29)17(12)19(22)27/h2-7H,8-9H2,1H3,(H,21,24). The highest BCUT2D eigenvalue weighted by molar-refractivity contribution is 6.31. The zero-order valence-electron chi connectivity index (χ0n) is 15.5. The summed E-state index contributed by atoms with van der Waals surface area (Å²) in [6.07, 6.45) is 0. The lowest BCUT2D eigenvalue weighted by molar-refractivity contribution is -0.385. The minimum Gasteiger partial charge on any atom is -0.454 e. The number of fused-ring (bicyclic) bond motifs is 1. The molecule has 11 heteroatoms. The molecule has 0 saturated heterocycles. The number of esters is 1. The van der Waals surface area contributed by atoms with Crippen molar-refractivity contribution in [3.8, 4) is 0 Å². The number of hydrogen-bond donors (Lipinski definition) is 1. The Balaban J connectivity index is 1.61. The van der Waals surface area contributed by atoms with E-state index < -0.39 is 47.5 Å². The third-order valence-electron chi connectivity index (χ3n) is 4.30. The van der Waals surface area contributed by atoms with E-state index in [4.69, 9.17) is 16.3 Å². The van der Waals surface area contributed by atoms with Crippen molar-refractivity contribution in [1.82, 2.24) is 4.90 Å². The van der Waals surface area contributed by atoms with Gasteiger partial charge in [-0.15, -0.1) is 0 Å². The summed E-state index contributed by atoms with van der Waals surface area (Å²) in [4.78, 5) is 59.6. The second-order valence-corrected chi connectivity index (χ2v) is 6.76. The van der Waals surface area contributed by atoms with Crippen LogP contribution in [0.15, 0.2) is 36.4 Å². The molecule has 0 aromatic heterocycles. The van der Waals surface area contributed by atoms with Gasteiger partial charge in [0.1, 0.15) is 12.1 Å². The quantitative estimate of drug-likeness (QED) is 0.321. The molecule has 1 heterocycles. The Kier molecular flexibility index (Phi) is 5.79. The topological polar surface area (TPSA) is 136 Å². The monoisotopic (exact) mass is 431 g/mol. The number of nitro benzene ring substituents is 1. The number of rotatable bonds is 6. The smallest absolute Gasteiger partial charge is 0.326 e. The van der Waals surface area contributed by atoms with Crippen molar-refractivity contribution in [3.05, 3.63) is 68.2 Å². The minimum absolute atomic E-state index is 0.170. The number of carbonyl (C=O) groups excluding carboxylic acids is 4. The second kappa shape index (κ2) is 8.29. The molecule has 1 aliphatic rings. The Labute approximate surface area is 174 Å². The van der Waals surface area contributed by atoms with Gasteiger partial charge in [-0.05, 0) is 30.7 Å². The highest BCUT2D eigenvalue weighted by atomic mass is 35.5. The van der Waals surface area contributed by atoms with Crippen LogP contribution in [0.1, 0.15) is 26.3 Å². The van der Waals surface area contributed by atoms with Crippen LogP contribution in [-0.2, 0) is 14.3 Å². The molecule has 0 aliphatic carbocycles. The van der Waals surface area contributed by atoms with Gasteiger partial charge in [0.25, 0.3) is 23.4 Å². The lowest BCUT2D eigenvalue weighted by Gasteiger charge is -2.13. The number of halogens is 1. The molecule has 1 aliphatic heterocycles. The first kappa shape index (κ1) is 20.9. The molecule has 3 rings (SSSR count). The molecule has 3 amide bonds. The van der Waals surface area contributed by atoms with E-state index in [-0.39, 0.29) is 11.1 Å². The fourth-order valence-corrected chi connectivity index (χ4v) is 3.02. The van der Waals surface area contributed by atoms with E-state index in [1.165, 1.54) is 18.2 Å². The van der Waals surface area contributed by atoms with Crippen molar-refractivity contribution in [1.29, 1.82) is 0 Å². The van der Waals surface area contributed by atoms with Gasteiger partial charge in [0.15, 0.2) is 6.61 Å². The normalized spacial score (nSPS) is 12.5. The molecule has 1 N–H and O–H groups in total. The zero-order chi connectivity index (χ0) is 22.0. The summed E-state index contributed by atoms with van der Waals surface area (Å²) in [6.45, 7) is 0.306. The number of nitrogens with zero attached hydrogens (tertiary/aromatic N) is 2. The Morgan fingerprint density at radius 2 is 1.93 bits per heavy atom. The highest BCUT2D eigenvalue weighted by Crippen LogP contribution is 2.30. The number of nitro groups is 1. The van der Waals surface area contributed by atoms with E-state index >= 15 is 0 Å². The summed E-state index contributed by atoms with van der Waals surface area (Å²) in [7, 11) is 0. The van der Waals surface area contributed by atoms with Crippen molar-refractivity contribution in [2.24, 2.45) is 0 Å². The maximum Gasteiger partial charge on any atom is 0.326 e. The van der Waals surface area contributed by atoms with Crippen LogP contribution < -0.4 is 5.32 Å². The molecule has 0 spiro atoms. The van der Waals surface area contributed by atoms with E-state index in [1.807, 2.05) is 0 Å². The van der Waals surface area contributed by atoms with Crippen LogP contribution >= 0.6 is 11.6 Å². The Hall–Kier alpha value is -3.79. The number of ether oxygens (including phenoxy) is 1. The van der Waals surface area contributed by atoms with Crippen LogP contribution in [0.3, 0.4) is 0 Å². The number of anilines is 1. The van der Waals surface area contributed by atoms with Gasteiger partial charge in [-0.2, -0.15) is 0 Å². The zero-order valence-corrected chi connectivity index (χ0v) is 16.3. The van der Waals surface area contributed by atoms with Gasteiger partial charge in [-0.25, -0.2) is 0 Å². The van der Waals surface area contributed by atoms with Crippen molar-refractivity contribution in [2.45, 2.75) is 6.92 Å². The molecule has 2 aromatic carbocycles. The number of hydrogen-bond acceptors (Lipinski definition) is 7. The lowest BCUT2D eigenvalue weighted by atomic mass is 10.1. The molecular formula is C19H14ClN3O7. The number of benzene rings is 2. The predicted octanol–water partition coefficient (Wildman–Crippen LogP) is 2.33. The SMILES string of the molecule is Cc1ccc(Cl)cc1NC(=O)COC(=O)CN1C(=O)c2cccc([N+](=O)[O-])c2C1=O. The lowest BCUT2D eigenvalue weighted by Crippen LogP contribution is -2.36. The largest absolute Gasteiger partial charge is 0.454 e. The molecule has 0 fully saturated rings. The number of amides is 3. The average molecular weight is 432 g/mol. The van der Waals surface area contributed by atoms with Gasteiger partial charge >= 0.3 is 5.97 Å². The van der Waals surface area contributed by atoms with Crippen LogP contribution in [0.25, 0.3) is 0 Å². The van der Waals surface area contributed by atoms with Crippen LogP contribution in [-0.4, -0.2) is 46.7 Å². The van der Waals surface area contributed by atoms with Crippen molar-refractivity contribution >= 4 is 46.7 Å². The molecule has 0 bridgehead atoms. The summed E-state index contributed by atoms with van der Waals surface area (Å²) >= 11 is 5.87. The first-order valence-electron chi connectivity index (χ1n) is 8.54. The third-order valence-corrected chi connectivity index (χ3v) is 4.53. The fourth-order valence-electron chi connectivity index (χ4n) is 2.85. The molecule has 0 radical (unpaired) electrons. The van der Waals surface area contributed by atoms with Gasteiger partial charge in [0.2, 0.25) is 0 Å². The van der Waals surface area contributed by atoms with Gasteiger partial charge in [0.05, 0.1) is 10.5 Å². The molecule has 30 heavy (non-hydrogen) atoms. The fraction of sp³-hybridized carbons (Fsp3) is 0.158. The number of nitrogens with one attached hydrogen (secondary N) is 1. The van der Waals surface area contributed by atoms with E-state index in [1.54, 1.807) is 19.1 Å². The van der Waals surface area contributed by atoms with Crippen LogP contribution in [0, 0.1) is 17.0 Å². The van der Waals surface area contributed by atoms with Gasteiger partial charge < -0.3 is 10.1 Å². The van der Waals surface area contributed by atoms with Crippen molar-refractivity contribution in [3.63, 3.8) is 0 Å². The Bertz CT molecular complexity index is 1100. The second-order valence-electron chi connectivity index (χ2n) is 6.32. The summed E-state index contributed by atoms with van der Waals surface area (Å²) in [6, 6.07) is 8.50. The molecule has 0 saturated carbocycles. The Morgan fingerprint density at radius 3 is 2.63 bits per heavy atom. The summed E-state index contributed by atoms with van der Waals surface area (Å²) in [5.41, 5.74) is 0.103. The van der Waals surface area contributed by atoms with Gasteiger partial charge in [-0.1, -0.05) is 23.7 Å². The maximum absolute atomic E-state index is 12.4. The molecule has 10 nitrogen and oxygen atoms in total. The first-order chi connectivity index (χ1) is 14.2. The van der Waals surface area contributed by atoms with Crippen LogP contribution in [0.5, 0.6) is 0 Å². The summed E-state index contributed by atoms with van der Waals surface area (Å²) < 4.78 is 4.82. The third kappa shape index (κ3) is 4.13. The van der Waals surface area contributed by atoms with E-state index in [0.29, 0.717) is 15.6 Å². The Morgan fingerprint density at radius 1 is 1.20 bits per heavy atom. The average Bonchev–Trinajstić information content (AvgIpc) is 2.94. The number of carbonyl (C=O) groups is 4. The number of imide groups is 1. The molecule has 0 unspecified atom stereocenters. The summed E-state index contributed by atoms with van der Waals surface area (Å²) in [5.74, 6) is -3.50. The van der Waals surface area contributed by atoms with Crippen molar-refractivity contribution in [2.75, 3.05) is 18.5 Å². The minimum atomic E-state index is -1.02. The molecular weight excluding hydrogens is 418 g/mol. The van der Waals surface area contributed by atoms with Crippen LogP contribution in [0.4, 0.5) is 11.4 Å². The van der Waals surface area contributed by atoms with E-state index in [2.05, 4.69) is 5.32 Å². The first-order valence-corrected chi connectivity index (χ1v) is 8.92. The van der Waals surface area contributed by atoms with Crippen LogP contribution in [0.2, 0.25) is 5.02 Å². The predicted molar refractivity (Wildman–Crippen MR) is 104 cm³/mol. The van der Waals surface area contributed by atoms with Gasteiger partial charge in [0, 0.05) is 16.8 Å². The van der Waals surface area contributed by atoms with E-state index in [9.17, 15) is 29.3 Å². The molecule has 154 valence electrons. The maximum atomic E-state index is 12.4. The van der Waals surface area contributed by atoms with Gasteiger partial charge in [-0.3, -0.25) is 34.2 Å². The molecule has 0 atom stereocenters. The number of aryl methyl sites for hydroxylation is 1.